The first-order chi connectivity index (χ1) is 11.9. The molecule has 25 heavy (non-hydrogen) atoms. The lowest BCUT2D eigenvalue weighted by Crippen LogP contribution is -2.47. The second kappa shape index (κ2) is 7.02. The molecule has 136 valence electrons. The molecule has 1 fully saturated rings. The lowest BCUT2D eigenvalue weighted by atomic mass is 9.94. The van der Waals surface area contributed by atoms with E-state index in [0.717, 1.165) is 60.8 Å². The number of carbonyl (C=O) groups is 1. The van der Waals surface area contributed by atoms with Crippen molar-refractivity contribution in [3.63, 3.8) is 0 Å². The summed E-state index contributed by atoms with van der Waals surface area (Å²) in [5.74, 6) is 0.679. The maximum atomic E-state index is 13.2. The van der Waals surface area contributed by atoms with E-state index in [1.165, 1.54) is 0 Å². The summed E-state index contributed by atoms with van der Waals surface area (Å²) >= 11 is 0. The summed E-state index contributed by atoms with van der Waals surface area (Å²) in [6.45, 7) is 11.4. The van der Waals surface area contributed by atoms with Gasteiger partial charge in [-0.3, -0.25) is 9.48 Å². The predicted molar refractivity (Wildman–Crippen MR) is 95.4 cm³/mol. The molecule has 2 atom stereocenters. The number of likely N-dealkylation sites (tertiary alicyclic amines) is 1. The Morgan fingerprint density at radius 2 is 2.08 bits per heavy atom. The van der Waals surface area contributed by atoms with Gasteiger partial charge in [-0.1, -0.05) is 5.16 Å². The van der Waals surface area contributed by atoms with Crippen molar-refractivity contribution < 1.29 is 9.32 Å². The summed E-state index contributed by atoms with van der Waals surface area (Å²) in [4.78, 5) is 15.3. The van der Waals surface area contributed by atoms with Crippen molar-refractivity contribution in [3.8, 4) is 0 Å². The number of nitrogens with zero attached hydrogens (tertiary/aromatic N) is 4. The summed E-state index contributed by atoms with van der Waals surface area (Å²) in [5, 5.41) is 8.58. The van der Waals surface area contributed by atoms with Crippen LogP contribution in [0.1, 0.15) is 60.5 Å². The van der Waals surface area contributed by atoms with Gasteiger partial charge in [-0.2, -0.15) is 5.10 Å². The van der Waals surface area contributed by atoms with Gasteiger partial charge >= 0.3 is 0 Å². The van der Waals surface area contributed by atoms with E-state index >= 15 is 0 Å². The Morgan fingerprint density at radius 1 is 1.32 bits per heavy atom. The van der Waals surface area contributed by atoms with Gasteiger partial charge in [0.25, 0.3) is 0 Å². The molecular formula is C19H28N4O2. The van der Waals surface area contributed by atoms with E-state index < -0.39 is 0 Å². The fraction of sp³-hybridized carbons (Fsp3) is 0.632. The zero-order valence-corrected chi connectivity index (χ0v) is 15.9. The third-order valence-corrected chi connectivity index (χ3v) is 5.29. The van der Waals surface area contributed by atoms with Gasteiger partial charge in [0.05, 0.1) is 29.9 Å². The predicted octanol–water partition coefficient (Wildman–Crippen LogP) is 3.29. The molecule has 0 saturated carbocycles. The summed E-state index contributed by atoms with van der Waals surface area (Å²) < 4.78 is 7.29. The minimum atomic E-state index is -0.229. The van der Waals surface area contributed by atoms with E-state index in [1.807, 2.05) is 32.4 Å². The maximum Gasteiger partial charge on any atom is 0.230 e. The summed E-state index contributed by atoms with van der Waals surface area (Å²) in [7, 11) is 0. The van der Waals surface area contributed by atoms with Crippen molar-refractivity contribution in [2.45, 2.75) is 72.4 Å². The highest BCUT2D eigenvalue weighted by molar-refractivity contribution is 5.84. The number of hydrogen-bond acceptors (Lipinski definition) is 4. The molecule has 0 aromatic carbocycles. The molecule has 0 bridgehead atoms. The van der Waals surface area contributed by atoms with Gasteiger partial charge in [0.2, 0.25) is 5.91 Å². The van der Waals surface area contributed by atoms with E-state index in [4.69, 9.17) is 4.52 Å². The van der Waals surface area contributed by atoms with Gasteiger partial charge in [-0.05, 0) is 59.9 Å². The molecule has 0 unspecified atom stereocenters. The van der Waals surface area contributed by atoms with Gasteiger partial charge in [-0.25, -0.2) is 0 Å². The van der Waals surface area contributed by atoms with E-state index in [9.17, 15) is 4.79 Å². The lowest BCUT2D eigenvalue weighted by Gasteiger charge is -2.37. The largest absolute Gasteiger partial charge is 0.361 e. The average molecular weight is 344 g/mol. The Bertz CT molecular complexity index is 742. The van der Waals surface area contributed by atoms with Crippen LogP contribution in [0.5, 0.6) is 0 Å². The number of aromatic nitrogens is 3. The number of aryl methyl sites for hydroxylation is 4. The van der Waals surface area contributed by atoms with Crippen LogP contribution < -0.4 is 0 Å². The smallest absolute Gasteiger partial charge is 0.230 e. The Balaban J connectivity index is 1.80. The number of piperidine rings is 1. The van der Waals surface area contributed by atoms with Crippen LogP contribution in [0.3, 0.4) is 0 Å². The van der Waals surface area contributed by atoms with Crippen LogP contribution in [0.25, 0.3) is 0 Å². The van der Waals surface area contributed by atoms with Crippen molar-refractivity contribution in [1.29, 1.82) is 0 Å². The van der Waals surface area contributed by atoms with Crippen LogP contribution in [-0.4, -0.2) is 38.3 Å². The quantitative estimate of drug-likeness (QED) is 0.854. The zero-order valence-electron chi connectivity index (χ0n) is 15.9. The second-order valence-corrected chi connectivity index (χ2v) is 7.25. The molecule has 1 aliphatic heterocycles. The van der Waals surface area contributed by atoms with Crippen LogP contribution in [0.15, 0.2) is 10.6 Å². The van der Waals surface area contributed by atoms with Crippen LogP contribution in [0.2, 0.25) is 0 Å². The molecule has 6 nitrogen and oxygen atoms in total. The molecule has 2 aromatic heterocycles. The lowest BCUT2D eigenvalue weighted by molar-refractivity contribution is -0.136. The van der Waals surface area contributed by atoms with Gasteiger partial charge in [-0.15, -0.1) is 0 Å². The third kappa shape index (κ3) is 3.48. The standard InChI is InChI=1S/C19H28N4O2/c1-12-10-13(2)23(20-12)11-17-8-6-7-9-22(17)19(24)14(3)18-15(4)21-25-16(18)5/h10,14,17H,6-9,11H2,1-5H3/t14-,17-/m1/s1. The minimum absolute atomic E-state index is 0.167. The molecule has 0 N–H and O–H groups in total. The Morgan fingerprint density at radius 3 is 2.68 bits per heavy atom. The SMILES string of the molecule is Cc1cc(C)n(C[C@H]2CCCCN2C(=O)[C@H](C)c2c(C)noc2C)n1. The van der Waals surface area contributed by atoms with Crippen LogP contribution in [0.4, 0.5) is 0 Å². The first kappa shape index (κ1) is 17.7. The third-order valence-electron chi connectivity index (χ3n) is 5.29. The van der Waals surface area contributed by atoms with E-state index in [2.05, 4.69) is 28.1 Å². The fourth-order valence-corrected chi connectivity index (χ4v) is 4.02. The number of carbonyl (C=O) groups excluding carboxylic acids is 1. The zero-order chi connectivity index (χ0) is 18.1. The molecule has 1 amide bonds. The Labute approximate surface area is 149 Å². The molecule has 2 aromatic rings. The molecule has 1 aliphatic rings. The molecular weight excluding hydrogens is 316 g/mol. The maximum absolute atomic E-state index is 13.2. The van der Waals surface area contributed by atoms with Crippen molar-refractivity contribution in [2.24, 2.45) is 0 Å². The monoisotopic (exact) mass is 344 g/mol. The molecule has 0 radical (unpaired) electrons. The molecule has 3 rings (SSSR count). The number of hydrogen-bond donors (Lipinski definition) is 0. The molecule has 6 heteroatoms. The molecule has 0 spiro atoms. The molecule has 3 heterocycles. The van der Waals surface area contributed by atoms with Gasteiger partial charge in [0, 0.05) is 17.8 Å². The van der Waals surface area contributed by atoms with Crippen molar-refractivity contribution in [1.82, 2.24) is 19.8 Å². The highest BCUT2D eigenvalue weighted by atomic mass is 16.5. The average Bonchev–Trinajstić information content (AvgIpc) is 3.08. The van der Waals surface area contributed by atoms with E-state index in [-0.39, 0.29) is 17.9 Å². The van der Waals surface area contributed by atoms with Crippen LogP contribution in [-0.2, 0) is 11.3 Å². The van der Waals surface area contributed by atoms with Crippen molar-refractivity contribution in [3.05, 3.63) is 34.5 Å². The van der Waals surface area contributed by atoms with E-state index in [0.29, 0.717) is 0 Å². The number of rotatable bonds is 4. The van der Waals surface area contributed by atoms with Crippen LogP contribution in [0, 0.1) is 27.7 Å². The first-order valence-corrected chi connectivity index (χ1v) is 9.12. The van der Waals surface area contributed by atoms with Crippen molar-refractivity contribution >= 4 is 5.91 Å². The Kier molecular flexibility index (Phi) is 4.97. The first-order valence-electron chi connectivity index (χ1n) is 9.12. The topological polar surface area (TPSA) is 64.2 Å². The highest BCUT2D eigenvalue weighted by Gasteiger charge is 2.33. The number of amides is 1. The Hall–Kier alpha value is -2.11. The van der Waals surface area contributed by atoms with Gasteiger partial charge < -0.3 is 9.42 Å². The summed E-state index contributed by atoms with van der Waals surface area (Å²) in [5.41, 5.74) is 3.91. The normalized spacial score (nSPS) is 19.2. The highest BCUT2D eigenvalue weighted by Crippen LogP contribution is 2.28. The minimum Gasteiger partial charge on any atom is -0.361 e. The van der Waals surface area contributed by atoms with Gasteiger partial charge in [0.15, 0.2) is 0 Å². The van der Waals surface area contributed by atoms with E-state index in [1.54, 1.807) is 0 Å². The summed E-state index contributed by atoms with van der Waals surface area (Å²) in [6, 6.07) is 2.28. The molecule has 0 aliphatic carbocycles. The fourth-order valence-electron chi connectivity index (χ4n) is 4.02. The molecule has 1 saturated heterocycles. The van der Waals surface area contributed by atoms with Crippen molar-refractivity contribution in [2.75, 3.05) is 6.54 Å². The summed E-state index contributed by atoms with van der Waals surface area (Å²) in [6.07, 6.45) is 3.25. The van der Waals surface area contributed by atoms with Crippen LogP contribution >= 0.6 is 0 Å². The van der Waals surface area contributed by atoms with Gasteiger partial charge in [0.1, 0.15) is 5.76 Å². The second-order valence-electron chi connectivity index (χ2n) is 7.25.